The van der Waals surface area contributed by atoms with Gasteiger partial charge in [-0.05, 0) is 25.0 Å². The summed E-state index contributed by atoms with van der Waals surface area (Å²) in [5.74, 6) is 1.02. The van der Waals surface area contributed by atoms with Crippen LogP contribution in [0.1, 0.15) is 32.6 Å². The molecule has 1 fully saturated rings. The molecular formula is C15H21NO2. The van der Waals surface area contributed by atoms with Crippen molar-refractivity contribution in [2.75, 3.05) is 13.2 Å². The summed E-state index contributed by atoms with van der Waals surface area (Å²) in [5, 5.41) is 2.97. The molecule has 98 valence electrons. The Hall–Kier alpha value is -1.51. The molecule has 1 aromatic carbocycles. The molecule has 1 amide bonds. The van der Waals surface area contributed by atoms with Crippen LogP contribution in [0.5, 0.6) is 5.75 Å². The van der Waals surface area contributed by atoms with Gasteiger partial charge in [0.25, 0.3) is 0 Å². The van der Waals surface area contributed by atoms with E-state index in [9.17, 15) is 4.79 Å². The first-order chi connectivity index (χ1) is 8.71. The Balaban J connectivity index is 1.68. The molecule has 0 radical (unpaired) electrons. The van der Waals surface area contributed by atoms with Crippen LogP contribution in [-0.2, 0) is 4.79 Å². The number of benzene rings is 1. The summed E-state index contributed by atoms with van der Waals surface area (Å²) in [4.78, 5) is 12.0. The molecule has 1 aromatic rings. The molecule has 0 heterocycles. The van der Waals surface area contributed by atoms with Gasteiger partial charge in [-0.1, -0.05) is 38.0 Å². The number of para-hydroxylation sites is 1. The molecule has 0 unspecified atom stereocenters. The lowest BCUT2D eigenvalue weighted by Crippen LogP contribution is -2.39. The molecule has 1 aliphatic carbocycles. The van der Waals surface area contributed by atoms with E-state index in [0.717, 1.165) is 18.6 Å². The van der Waals surface area contributed by atoms with E-state index in [-0.39, 0.29) is 11.3 Å². The largest absolute Gasteiger partial charge is 0.492 e. The van der Waals surface area contributed by atoms with E-state index >= 15 is 0 Å². The summed E-state index contributed by atoms with van der Waals surface area (Å²) in [7, 11) is 0. The predicted molar refractivity (Wildman–Crippen MR) is 71.5 cm³/mol. The molecule has 0 saturated heterocycles. The van der Waals surface area contributed by atoms with E-state index in [1.807, 2.05) is 30.3 Å². The standard InChI is InChI=1S/C15H21NO2/c1-15(9-5-6-10-15)14(17)16-11-12-18-13-7-3-2-4-8-13/h2-4,7-8H,5-6,9-12H2,1H3,(H,16,17). The Morgan fingerprint density at radius 3 is 2.61 bits per heavy atom. The lowest BCUT2D eigenvalue weighted by molar-refractivity contribution is -0.130. The van der Waals surface area contributed by atoms with Gasteiger partial charge in [0, 0.05) is 5.41 Å². The topological polar surface area (TPSA) is 38.3 Å². The first kappa shape index (κ1) is 12.9. The Labute approximate surface area is 109 Å². The minimum Gasteiger partial charge on any atom is -0.492 e. The Kier molecular flexibility index (Phi) is 4.24. The van der Waals surface area contributed by atoms with Gasteiger partial charge in [-0.2, -0.15) is 0 Å². The van der Waals surface area contributed by atoms with Crippen molar-refractivity contribution in [1.82, 2.24) is 5.32 Å². The number of carbonyl (C=O) groups excluding carboxylic acids is 1. The smallest absolute Gasteiger partial charge is 0.226 e. The molecule has 1 N–H and O–H groups in total. The molecular weight excluding hydrogens is 226 g/mol. The Morgan fingerprint density at radius 1 is 1.28 bits per heavy atom. The molecule has 2 rings (SSSR count). The molecule has 0 aromatic heterocycles. The third-order valence-corrected chi connectivity index (χ3v) is 3.65. The van der Waals surface area contributed by atoms with Crippen LogP contribution in [0.4, 0.5) is 0 Å². The van der Waals surface area contributed by atoms with Crippen LogP contribution in [0.2, 0.25) is 0 Å². The zero-order chi connectivity index (χ0) is 12.8. The molecule has 0 aliphatic heterocycles. The fraction of sp³-hybridized carbons (Fsp3) is 0.533. The Bertz CT molecular complexity index is 383. The van der Waals surface area contributed by atoms with Gasteiger partial charge in [0.15, 0.2) is 0 Å². The normalized spacial score (nSPS) is 17.4. The average molecular weight is 247 g/mol. The predicted octanol–water partition coefficient (Wildman–Crippen LogP) is 2.76. The van der Waals surface area contributed by atoms with Gasteiger partial charge in [0.1, 0.15) is 12.4 Å². The van der Waals surface area contributed by atoms with Crippen LogP contribution in [0.15, 0.2) is 30.3 Å². The number of hydrogen-bond donors (Lipinski definition) is 1. The summed E-state index contributed by atoms with van der Waals surface area (Å²) in [5.41, 5.74) is -0.146. The lowest BCUT2D eigenvalue weighted by atomic mass is 9.88. The number of carbonyl (C=O) groups is 1. The van der Waals surface area contributed by atoms with Gasteiger partial charge >= 0.3 is 0 Å². The summed E-state index contributed by atoms with van der Waals surface area (Å²) < 4.78 is 5.54. The van der Waals surface area contributed by atoms with Crippen molar-refractivity contribution in [3.63, 3.8) is 0 Å². The minimum absolute atomic E-state index is 0.146. The Morgan fingerprint density at radius 2 is 1.94 bits per heavy atom. The molecule has 1 saturated carbocycles. The zero-order valence-electron chi connectivity index (χ0n) is 10.9. The highest BCUT2D eigenvalue weighted by atomic mass is 16.5. The maximum Gasteiger partial charge on any atom is 0.226 e. The van der Waals surface area contributed by atoms with Crippen LogP contribution in [0.25, 0.3) is 0 Å². The highest BCUT2D eigenvalue weighted by molar-refractivity contribution is 5.82. The second-order valence-corrected chi connectivity index (χ2v) is 5.19. The molecule has 0 bridgehead atoms. The highest BCUT2D eigenvalue weighted by Crippen LogP contribution is 2.37. The fourth-order valence-electron chi connectivity index (χ4n) is 2.45. The number of hydrogen-bond acceptors (Lipinski definition) is 2. The molecule has 3 heteroatoms. The highest BCUT2D eigenvalue weighted by Gasteiger charge is 2.35. The van der Waals surface area contributed by atoms with Crippen LogP contribution < -0.4 is 10.1 Å². The van der Waals surface area contributed by atoms with Crippen molar-refractivity contribution < 1.29 is 9.53 Å². The van der Waals surface area contributed by atoms with E-state index in [2.05, 4.69) is 12.2 Å². The summed E-state index contributed by atoms with van der Waals surface area (Å²) in [6.45, 7) is 3.16. The summed E-state index contributed by atoms with van der Waals surface area (Å²) in [6.07, 6.45) is 4.37. The third-order valence-electron chi connectivity index (χ3n) is 3.65. The molecule has 18 heavy (non-hydrogen) atoms. The van der Waals surface area contributed by atoms with Gasteiger partial charge in [0.05, 0.1) is 6.54 Å². The van der Waals surface area contributed by atoms with Crippen LogP contribution in [-0.4, -0.2) is 19.1 Å². The fourth-order valence-corrected chi connectivity index (χ4v) is 2.45. The second kappa shape index (κ2) is 5.89. The molecule has 1 aliphatic rings. The summed E-state index contributed by atoms with van der Waals surface area (Å²) >= 11 is 0. The monoisotopic (exact) mass is 247 g/mol. The third kappa shape index (κ3) is 3.25. The van der Waals surface area contributed by atoms with Gasteiger partial charge in [-0.25, -0.2) is 0 Å². The van der Waals surface area contributed by atoms with E-state index in [1.165, 1.54) is 12.8 Å². The van der Waals surface area contributed by atoms with Gasteiger partial charge in [-0.15, -0.1) is 0 Å². The number of amides is 1. The van der Waals surface area contributed by atoms with Crippen molar-refractivity contribution in [2.45, 2.75) is 32.6 Å². The number of rotatable bonds is 5. The number of nitrogens with one attached hydrogen (secondary N) is 1. The van der Waals surface area contributed by atoms with Gasteiger partial charge < -0.3 is 10.1 Å². The van der Waals surface area contributed by atoms with Crippen molar-refractivity contribution in [1.29, 1.82) is 0 Å². The first-order valence-electron chi connectivity index (χ1n) is 6.67. The van der Waals surface area contributed by atoms with Crippen molar-refractivity contribution in [3.05, 3.63) is 30.3 Å². The summed E-state index contributed by atoms with van der Waals surface area (Å²) in [6, 6.07) is 9.66. The van der Waals surface area contributed by atoms with E-state index < -0.39 is 0 Å². The first-order valence-corrected chi connectivity index (χ1v) is 6.67. The molecule has 0 spiro atoms. The van der Waals surface area contributed by atoms with E-state index in [4.69, 9.17) is 4.74 Å². The molecule has 0 atom stereocenters. The lowest BCUT2D eigenvalue weighted by Gasteiger charge is -2.22. The zero-order valence-corrected chi connectivity index (χ0v) is 10.9. The van der Waals surface area contributed by atoms with Crippen molar-refractivity contribution in [3.8, 4) is 5.75 Å². The van der Waals surface area contributed by atoms with Gasteiger partial charge in [0.2, 0.25) is 5.91 Å². The maximum atomic E-state index is 12.0. The van der Waals surface area contributed by atoms with Crippen LogP contribution in [0.3, 0.4) is 0 Å². The average Bonchev–Trinajstić information content (AvgIpc) is 2.84. The minimum atomic E-state index is -0.146. The van der Waals surface area contributed by atoms with Crippen molar-refractivity contribution >= 4 is 5.91 Å². The van der Waals surface area contributed by atoms with Crippen LogP contribution in [0, 0.1) is 5.41 Å². The SMILES string of the molecule is CC1(C(=O)NCCOc2ccccc2)CCCC1. The van der Waals surface area contributed by atoms with E-state index in [1.54, 1.807) is 0 Å². The second-order valence-electron chi connectivity index (χ2n) is 5.19. The van der Waals surface area contributed by atoms with Crippen molar-refractivity contribution in [2.24, 2.45) is 5.41 Å². The maximum absolute atomic E-state index is 12.0. The van der Waals surface area contributed by atoms with Crippen LogP contribution >= 0.6 is 0 Å². The van der Waals surface area contributed by atoms with E-state index in [0.29, 0.717) is 13.2 Å². The molecule has 3 nitrogen and oxygen atoms in total. The quantitative estimate of drug-likeness (QED) is 0.812. The van der Waals surface area contributed by atoms with Gasteiger partial charge in [-0.3, -0.25) is 4.79 Å². The number of ether oxygens (including phenoxy) is 1.